The number of nitrogens with one attached hydrogen (secondary N) is 1. The highest BCUT2D eigenvalue weighted by Gasteiger charge is 2.42. The van der Waals surface area contributed by atoms with Crippen molar-refractivity contribution in [3.8, 4) is 0 Å². The molecule has 1 aliphatic heterocycles. The molecule has 0 spiro atoms. The number of carbonyl (C=O) groups excluding carboxylic acids is 1. The van der Waals surface area contributed by atoms with Crippen LogP contribution in [-0.2, 0) is 37.0 Å². The van der Waals surface area contributed by atoms with Gasteiger partial charge in [0.1, 0.15) is 24.3 Å². The molecule has 178 valence electrons. The highest BCUT2D eigenvalue weighted by molar-refractivity contribution is 7.47. The summed E-state index contributed by atoms with van der Waals surface area (Å²) in [5.41, 5.74) is -0.319. The van der Waals surface area contributed by atoms with Crippen molar-refractivity contribution >= 4 is 32.8 Å². The summed E-state index contributed by atoms with van der Waals surface area (Å²) >= 11 is 0. The van der Waals surface area contributed by atoms with Crippen LogP contribution >= 0.6 is 15.6 Å². The fourth-order valence-electron chi connectivity index (χ4n) is 2.95. The Labute approximate surface area is 179 Å². The molecule has 0 radical (unpaired) electrons. The van der Waals surface area contributed by atoms with Gasteiger partial charge in [0, 0.05) is 6.42 Å². The van der Waals surface area contributed by atoms with Crippen LogP contribution in [0.5, 0.6) is 0 Å². The lowest BCUT2D eigenvalue weighted by Crippen LogP contribution is -2.28. The van der Waals surface area contributed by atoms with Gasteiger partial charge in [-0.1, -0.05) is 0 Å². The summed E-state index contributed by atoms with van der Waals surface area (Å²) in [5.74, 6) is -0.623. The molecule has 32 heavy (non-hydrogen) atoms. The van der Waals surface area contributed by atoms with E-state index >= 15 is 0 Å². The molecule has 18 heteroatoms. The second-order valence-electron chi connectivity index (χ2n) is 6.59. The zero-order chi connectivity index (χ0) is 23.7. The van der Waals surface area contributed by atoms with Gasteiger partial charge in [-0.3, -0.25) is 22.9 Å². The van der Waals surface area contributed by atoms with E-state index in [1.807, 2.05) is 0 Å². The largest absolute Gasteiger partial charge is 0.472 e. The molecule has 2 aromatic heterocycles. The van der Waals surface area contributed by atoms with Crippen molar-refractivity contribution < 1.29 is 51.6 Å². The summed E-state index contributed by atoms with van der Waals surface area (Å²) in [6.07, 6.45) is -2.35. The van der Waals surface area contributed by atoms with Crippen LogP contribution in [0.3, 0.4) is 0 Å². The number of phosphoric acid groups is 2. The molecule has 4 N–H and O–H groups in total. The molecule has 2 aromatic rings. The maximum Gasteiger partial charge on any atom is 0.472 e. The highest BCUT2D eigenvalue weighted by Crippen LogP contribution is 2.47. The molecule has 3 heterocycles. The van der Waals surface area contributed by atoms with Gasteiger partial charge in [-0.05, 0) is 6.92 Å². The molecule has 0 amide bonds. The molecule has 0 aliphatic carbocycles. The maximum absolute atomic E-state index is 12.0. The van der Waals surface area contributed by atoms with Gasteiger partial charge >= 0.3 is 21.6 Å². The average Bonchev–Trinajstić information content (AvgIpc) is 3.27. The molecule has 4 atom stereocenters. The number of imidazole rings is 1. The van der Waals surface area contributed by atoms with E-state index in [9.17, 15) is 33.4 Å². The van der Waals surface area contributed by atoms with Gasteiger partial charge in [0.25, 0.3) is 5.56 Å². The summed E-state index contributed by atoms with van der Waals surface area (Å²) in [6, 6.07) is 0. The molecular formula is C14H20N4O12P2. The van der Waals surface area contributed by atoms with Crippen molar-refractivity contribution in [3.05, 3.63) is 22.5 Å². The van der Waals surface area contributed by atoms with Crippen molar-refractivity contribution in [3.63, 3.8) is 0 Å². The van der Waals surface area contributed by atoms with E-state index in [1.54, 1.807) is 6.92 Å². The van der Waals surface area contributed by atoms with E-state index in [0.29, 0.717) is 5.82 Å². The van der Waals surface area contributed by atoms with E-state index in [1.165, 1.54) is 10.9 Å². The first-order chi connectivity index (χ1) is 14.9. The number of aryl methyl sites for hydroxylation is 1. The summed E-state index contributed by atoms with van der Waals surface area (Å²) in [4.78, 5) is 61.8. The minimum Gasteiger partial charge on any atom is -0.467 e. The number of H-pyrrole nitrogens is 1. The van der Waals surface area contributed by atoms with Gasteiger partial charge in [-0.15, -0.1) is 0 Å². The summed E-state index contributed by atoms with van der Waals surface area (Å²) in [6.45, 7) is 0.00829. The number of rotatable bonds is 9. The van der Waals surface area contributed by atoms with Gasteiger partial charge in [0.15, 0.2) is 17.8 Å². The van der Waals surface area contributed by atoms with Crippen molar-refractivity contribution in [2.24, 2.45) is 0 Å². The predicted octanol–water partition coefficient (Wildman–Crippen LogP) is -0.500. The van der Waals surface area contributed by atoms with E-state index in [2.05, 4.69) is 24.2 Å². The van der Waals surface area contributed by atoms with Crippen LogP contribution in [0, 0.1) is 6.92 Å². The predicted molar refractivity (Wildman–Crippen MR) is 102 cm³/mol. The number of hydrogen-bond donors (Lipinski definition) is 4. The number of nitrogens with zero attached hydrogens (tertiary/aromatic N) is 3. The third kappa shape index (κ3) is 6.07. The Hall–Kier alpha value is -2.00. The second-order valence-corrected chi connectivity index (χ2v) is 9.23. The minimum absolute atomic E-state index is 0.0161. The summed E-state index contributed by atoms with van der Waals surface area (Å²) in [5, 5.41) is 0. The Morgan fingerprint density at radius 1 is 1.34 bits per heavy atom. The molecule has 0 saturated carbocycles. The highest BCUT2D eigenvalue weighted by atomic mass is 31.2. The molecule has 1 saturated heterocycles. The lowest BCUT2D eigenvalue weighted by molar-refractivity contribution is -0.143. The number of ether oxygens (including phenoxy) is 2. The van der Waals surface area contributed by atoms with Gasteiger partial charge in [-0.2, -0.15) is 0 Å². The molecule has 1 fully saturated rings. The number of fused-ring (bicyclic) bond motifs is 1. The number of methoxy groups -OCH3 is 1. The quantitative estimate of drug-likeness (QED) is 0.253. The Kier molecular flexibility index (Phi) is 7.29. The Morgan fingerprint density at radius 2 is 2.06 bits per heavy atom. The monoisotopic (exact) mass is 498 g/mol. The number of esters is 1. The summed E-state index contributed by atoms with van der Waals surface area (Å²) < 4.78 is 48.6. The lowest BCUT2D eigenvalue weighted by Gasteiger charge is -2.20. The van der Waals surface area contributed by atoms with Gasteiger partial charge < -0.3 is 29.1 Å². The third-order valence-electron chi connectivity index (χ3n) is 4.29. The fraction of sp³-hybridized carbons (Fsp3) is 0.571. The molecule has 0 bridgehead atoms. The fourth-order valence-corrected chi connectivity index (χ4v) is 4.21. The number of hydrogen-bond acceptors (Lipinski definition) is 11. The van der Waals surface area contributed by atoms with Crippen molar-refractivity contribution in [2.45, 2.75) is 31.8 Å². The first kappa shape index (κ1) is 24.6. The van der Waals surface area contributed by atoms with Crippen molar-refractivity contribution in [1.82, 2.24) is 19.5 Å². The molecular weight excluding hydrogens is 478 g/mol. The molecule has 1 aliphatic rings. The lowest BCUT2D eigenvalue weighted by atomic mass is 10.2. The number of aromatic amines is 1. The zero-order valence-electron chi connectivity index (χ0n) is 16.7. The average molecular weight is 498 g/mol. The molecule has 2 unspecified atom stereocenters. The summed E-state index contributed by atoms with van der Waals surface area (Å²) in [7, 11) is -8.65. The van der Waals surface area contributed by atoms with Crippen LogP contribution in [0.1, 0.15) is 18.5 Å². The Morgan fingerprint density at radius 3 is 2.72 bits per heavy atom. The molecule has 3 rings (SSSR count). The maximum atomic E-state index is 12.0. The zero-order valence-corrected chi connectivity index (χ0v) is 18.5. The Bertz CT molecular complexity index is 1140. The number of phosphoric ester groups is 2. The van der Waals surface area contributed by atoms with E-state index in [4.69, 9.17) is 13.8 Å². The standard InChI is InChI=1S/C14H20N4O12P2/c1-7-16-13-12(14(20)17-7)15-6-18(13)10-3-8(30-31(21,22)23)9(29-10)4-27-32(24,25)28-5-11(19)26-2/h6,8-10H,3-5H2,1-2H3,(H,24,25)(H,16,17,20)(H2,21,22,23)/t8?,9-,10-/m1/s1. The SMILES string of the molecule is COC(=O)COP(=O)(O)OC[C@H]1O[C@@H](n2cnc3c(=O)[nH]c(C)nc32)CC1OP(=O)(O)O. The van der Waals surface area contributed by atoms with Crippen LogP contribution in [0.4, 0.5) is 0 Å². The van der Waals surface area contributed by atoms with Crippen LogP contribution in [0.2, 0.25) is 0 Å². The smallest absolute Gasteiger partial charge is 0.467 e. The third-order valence-corrected chi connectivity index (χ3v) is 5.77. The Balaban J connectivity index is 1.78. The molecule has 16 nitrogen and oxygen atoms in total. The van der Waals surface area contributed by atoms with E-state index < -0.39 is 58.8 Å². The van der Waals surface area contributed by atoms with E-state index in [-0.39, 0.29) is 17.6 Å². The van der Waals surface area contributed by atoms with Gasteiger partial charge in [0.2, 0.25) is 0 Å². The minimum atomic E-state index is -4.97. The second kappa shape index (κ2) is 9.47. The van der Waals surface area contributed by atoms with Crippen LogP contribution in [0.15, 0.2) is 11.1 Å². The van der Waals surface area contributed by atoms with Crippen molar-refractivity contribution in [2.75, 3.05) is 20.3 Å². The first-order valence-electron chi connectivity index (χ1n) is 8.90. The topological polar surface area (TPSA) is 222 Å². The number of aromatic nitrogens is 4. The normalized spacial score (nSPS) is 23.3. The van der Waals surface area contributed by atoms with Crippen molar-refractivity contribution in [1.29, 1.82) is 0 Å². The number of carbonyl (C=O) groups is 1. The van der Waals surface area contributed by atoms with Crippen LogP contribution < -0.4 is 5.56 Å². The van der Waals surface area contributed by atoms with Crippen LogP contribution in [0.25, 0.3) is 11.2 Å². The van der Waals surface area contributed by atoms with E-state index in [0.717, 1.165) is 7.11 Å². The molecule has 0 aromatic carbocycles. The first-order valence-corrected chi connectivity index (χ1v) is 11.9. The van der Waals surface area contributed by atoms with Gasteiger partial charge in [-0.25, -0.2) is 23.9 Å². The van der Waals surface area contributed by atoms with Gasteiger partial charge in [0.05, 0.1) is 20.0 Å². The van der Waals surface area contributed by atoms with Crippen LogP contribution in [-0.4, -0.2) is 72.7 Å².